The van der Waals surface area contributed by atoms with Gasteiger partial charge in [-0.2, -0.15) is 0 Å². The third kappa shape index (κ3) is 3.53. The van der Waals surface area contributed by atoms with Crippen LogP contribution in [0.25, 0.3) is 10.9 Å². The number of nitrogens with one attached hydrogen (secondary N) is 1. The van der Waals surface area contributed by atoms with E-state index in [1.807, 2.05) is 18.7 Å². The fourth-order valence-corrected chi connectivity index (χ4v) is 5.04. The number of carboxylic acid groups (broad SMARTS) is 1. The normalized spacial score (nSPS) is 24.7. The van der Waals surface area contributed by atoms with Gasteiger partial charge in [0.05, 0.1) is 23.6 Å². The second-order valence-corrected chi connectivity index (χ2v) is 8.68. The number of ether oxygens (including phenoxy) is 1. The number of anilines is 1. The molecule has 0 radical (unpaired) electrons. The summed E-state index contributed by atoms with van der Waals surface area (Å²) in [4.78, 5) is 26.3. The van der Waals surface area contributed by atoms with E-state index in [1.54, 1.807) is 4.57 Å². The maximum absolute atomic E-state index is 15.4. The SMILES string of the molecule is CC.COc1c(N2C[C@H]3NCCC[C@@]3(N)C2)c(F)cc2c(=O)c(C(=O)O)cn(C3CC3)c12. The molecule has 2 aliphatic heterocycles. The number of methoxy groups -OCH3 is 1. The lowest BCUT2D eigenvalue weighted by Gasteiger charge is -2.35. The zero-order valence-electron chi connectivity index (χ0n) is 18.8. The van der Waals surface area contributed by atoms with E-state index in [0.29, 0.717) is 18.6 Å². The average molecular weight is 447 g/mol. The van der Waals surface area contributed by atoms with Gasteiger partial charge in [0, 0.05) is 31.4 Å². The fraction of sp³-hybridized carbons (Fsp3) is 0.565. The highest BCUT2D eigenvalue weighted by Gasteiger charge is 2.46. The number of halogens is 1. The van der Waals surface area contributed by atoms with Crippen molar-refractivity contribution in [3.05, 3.63) is 33.9 Å². The van der Waals surface area contributed by atoms with Gasteiger partial charge in [0.1, 0.15) is 11.3 Å². The summed E-state index contributed by atoms with van der Waals surface area (Å²) in [5.74, 6) is -1.67. The number of rotatable bonds is 4. The minimum atomic E-state index is -1.32. The van der Waals surface area contributed by atoms with Crippen LogP contribution in [-0.4, -0.2) is 54.0 Å². The third-order valence-electron chi connectivity index (χ3n) is 6.68. The second-order valence-electron chi connectivity index (χ2n) is 8.68. The number of carboxylic acids is 1. The standard InChI is InChI=1S/C21H25FN4O4.C2H6/c1-30-19-16-12(18(27)13(20(28)29)8-26(16)11-3-4-11)7-14(22)17(19)25-9-15-21(23,10-25)5-2-6-24-15;1-2/h7-8,11,15,24H,2-6,9-10,23H2,1H3,(H,28,29);1-2H3/t15-,21-;/m1./s1. The summed E-state index contributed by atoms with van der Waals surface area (Å²) in [6, 6.07) is 1.27. The predicted octanol–water partition coefficient (Wildman–Crippen LogP) is 2.48. The number of nitrogens with zero attached hydrogens (tertiary/aromatic N) is 2. The van der Waals surface area contributed by atoms with Gasteiger partial charge in [-0.05, 0) is 38.3 Å². The number of carbonyl (C=O) groups is 1. The number of piperidine rings is 1. The Morgan fingerprint density at radius 3 is 2.69 bits per heavy atom. The van der Waals surface area contributed by atoms with Crippen LogP contribution in [-0.2, 0) is 0 Å². The molecule has 0 amide bonds. The highest BCUT2D eigenvalue weighted by Crippen LogP contribution is 2.45. The van der Waals surface area contributed by atoms with Crippen molar-refractivity contribution in [1.82, 2.24) is 9.88 Å². The smallest absolute Gasteiger partial charge is 0.341 e. The number of aromatic nitrogens is 1. The van der Waals surface area contributed by atoms with Crippen LogP contribution >= 0.6 is 0 Å². The van der Waals surface area contributed by atoms with Crippen LogP contribution in [0, 0.1) is 5.82 Å². The zero-order valence-corrected chi connectivity index (χ0v) is 18.8. The summed E-state index contributed by atoms with van der Waals surface area (Å²) in [5.41, 5.74) is 5.83. The summed E-state index contributed by atoms with van der Waals surface area (Å²) in [6.07, 6.45) is 4.93. The monoisotopic (exact) mass is 446 g/mol. The van der Waals surface area contributed by atoms with E-state index in [9.17, 15) is 14.7 Å². The summed E-state index contributed by atoms with van der Waals surface area (Å²) >= 11 is 0. The van der Waals surface area contributed by atoms with Gasteiger partial charge < -0.3 is 30.4 Å². The van der Waals surface area contributed by atoms with Gasteiger partial charge in [0.2, 0.25) is 5.43 Å². The van der Waals surface area contributed by atoms with Crippen molar-refractivity contribution in [2.75, 3.05) is 31.6 Å². The average Bonchev–Trinajstić information content (AvgIpc) is 3.55. The first-order chi connectivity index (χ1) is 15.3. The molecule has 0 unspecified atom stereocenters. The van der Waals surface area contributed by atoms with Crippen LogP contribution in [0.5, 0.6) is 5.75 Å². The molecule has 3 aliphatic rings. The van der Waals surface area contributed by atoms with E-state index >= 15 is 4.39 Å². The van der Waals surface area contributed by atoms with Crippen LogP contribution in [0.15, 0.2) is 17.1 Å². The number of fused-ring (bicyclic) bond motifs is 2. The summed E-state index contributed by atoms with van der Waals surface area (Å²) in [6.45, 7) is 5.90. The topological polar surface area (TPSA) is 110 Å². The number of hydrogen-bond acceptors (Lipinski definition) is 6. The summed E-state index contributed by atoms with van der Waals surface area (Å²) in [5, 5.41) is 12.9. The Labute approximate surface area is 186 Å². The molecule has 0 spiro atoms. The van der Waals surface area contributed by atoms with Gasteiger partial charge in [-0.15, -0.1) is 0 Å². The van der Waals surface area contributed by atoms with E-state index < -0.39 is 22.8 Å². The van der Waals surface area contributed by atoms with Crippen molar-refractivity contribution in [3.8, 4) is 5.75 Å². The number of hydrogen-bond donors (Lipinski definition) is 3. The second kappa shape index (κ2) is 8.37. The van der Waals surface area contributed by atoms with Crippen molar-refractivity contribution in [2.24, 2.45) is 5.73 Å². The first-order valence-corrected chi connectivity index (χ1v) is 11.3. The van der Waals surface area contributed by atoms with Crippen LogP contribution < -0.4 is 26.1 Å². The lowest BCUT2D eigenvalue weighted by atomic mass is 9.86. The quantitative estimate of drug-likeness (QED) is 0.662. The lowest BCUT2D eigenvalue weighted by Crippen LogP contribution is -2.59. The third-order valence-corrected chi connectivity index (χ3v) is 6.68. The van der Waals surface area contributed by atoms with E-state index in [0.717, 1.165) is 38.3 Å². The largest absolute Gasteiger partial charge is 0.492 e. The summed E-state index contributed by atoms with van der Waals surface area (Å²) in [7, 11) is 1.45. The molecular formula is C23H31FN4O4. The van der Waals surface area contributed by atoms with Crippen molar-refractivity contribution >= 4 is 22.6 Å². The van der Waals surface area contributed by atoms with Gasteiger partial charge in [-0.25, -0.2) is 9.18 Å². The molecule has 1 aromatic heterocycles. The Hall–Kier alpha value is -2.65. The number of pyridine rings is 1. The van der Waals surface area contributed by atoms with E-state index in [1.165, 1.54) is 13.3 Å². The molecule has 9 heteroatoms. The zero-order chi connectivity index (χ0) is 23.2. The Balaban J connectivity index is 0.00000119. The van der Waals surface area contributed by atoms with Gasteiger partial charge in [-0.1, -0.05) is 13.8 Å². The molecule has 2 atom stereocenters. The van der Waals surface area contributed by atoms with E-state index in [2.05, 4.69) is 5.32 Å². The fourth-order valence-electron chi connectivity index (χ4n) is 5.04. The van der Waals surface area contributed by atoms with Crippen LogP contribution in [0.1, 0.15) is 55.9 Å². The van der Waals surface area contributed by atoms with E-state index in [-0.39, 0.29) is 34.5 Å². The molecule has 0 bridgehead atoms. The first kappa shape index (κ1) is 22.5. The highest BCUT2D eigenvalue weighted by molar-refractivity contribution is 5.97. The molecule has 1 aliphatic carbocycles. The molecule has 3 fully saturated rings. The molecule has 8 nitrogen and oxygen atoms in total. The van der Waals surface area contributed by atoms with Crippen LogP contribution in [0.2, 0.25) is 0 Å². The van der Waals surface area contributed by atoms with Gasteiger partial charge in [-0.3, -0.25) is 4.79 Å². The van der Waals surface area contributed by atoms with Crippen LogP contribution in [0.4, 0.5) is 10.1 Å². The lowest BCUT2D eigenvalue weighted by molar-refractivity contribution is 0.0695. The molecule has 32 heavy (non-hydrogen) atoms. The van der Waals surface area contributed by atoms with Gasteiger partial charge >= 0.3 is 5.97 Å². The molecule has 3 heterocycles. The maximum atomic E-state index is 15.4. The van der Waals surface area contributed by atoms with Crippen molar-refractivity contribution < 1.29 is 19.0 Å². The molecule has 5 rings (SSSR count). The van der Waals surface area contributed by atoms with Gasteiger partial charge in [0.15, 0.2) is 11.6 Å². The van der Waals surface area contributed by atoms with Crippen molar-refractivity contribution in [1.29, 1.82) is 0 Å². The Morgan fingerprint density at radius 1 is 1.38 bits per heavy atom. The number of nitrogens with two attached hydrogens (primary N) is 1. The molecule has 2 saturated heterocycles. The predicted molar refractivity (Wildman–Crippen MR) is 121 cm³/mol. The first-order valence-electron chi connectivity index (χ1n) is 11.3. The van der Waals surface area contributed by atoms with E-state index in [4.69, 9.17) is 10.5 Å². The maximum Gasteiger partial charge on any atom is 0.341 e. The Morgan fingerprint density at radius 2 is 2.09 bits per heavy atom. The summed E-state index contributed by atoms with van der Waals surface area (Å²) < 4.78 is 22.8. The molecule has 1 aromatic carbocycles. The van der Waals surface area contributed by atoms with Gasteiger partial charge in [0.25, 0.3) is 0 Å². The molecule has 174 valence electrons. The molecule has 2 aromatic rings. The number of aromatic carboxylic acids is 1. The minimum absolute atomic E-state index is 0.0251. The number of benzene rings is 1. The Kier molecular flexibility index (Phi) is 5.89. The molecule has 1 saturated carbocycles. The van der Waals surface area contributed by atoms with Crippen molar-refractivity contribution in [3.63, 3.8) is 0 Å². The highest BCUT2D eigenvalue weighted by atomic mass is 19.1. The Bertz CT molecular complexity index is 1110. The molecular weight excluding hydrogens is 415 g/mol. The van der Waals surface area contributed by atoms with Crippen LogP contribution in [0.3, 0.4) is 0 Å². The molecule has 4 N–H and O–H groups in total. The minimum Gasteiger partial charge on any atom is -0.492 e. The van der Waals surface area contributed by atoms with Crippen molar-refractivity contribution in [2.45, 2.75) is 57.2 Å².